The standard InChI is InChI=1S/C15H21N3OS/c1-12(11-20-3)18(2)8-7-15(19)17-14-6-4-5-13(9-14)10-16/h4-6,9,12H,7-8,11H2,1-3H3,(H,17,19). The summed E-state index contributed by atoms with van der Waals surface area (Å²) < 4.78 is 0. The van der Waals surface area contributed by atoms with Crippen molar-refractivity contribution in [3.05, 3.63) is 29.8 Å². The fraction of sp³-hybridized carbons (Fsp3) is 0.467. The van der Waals surface area contributed by atoms with Crippen LogP contribution < -0.4 is 5.32 Å². The van der Waals surface area contributed by atoms with Crippen LogP contribution in [0.4, 0.5) is 5.69 Å². The summed E-state index contributed by atoms with van der Waals surface area (Å²) >= 11 is 1.81. The zero-order chi connectivity index (χ0) is 15.0. The summed E-state index contributed by atoms with van der Waals surface area (Å²) in [6.45, 7) is 2.89. The molecular formula is C15H21N3OS. The van der Waals surface area contributed by atoms with Crippen LogP contribution in [0.3, 0.4) is 0 Å². The van der Waals surface area contributed by atoms with E-state index in [0.717, 1.165) is 12.3 Å². The molecule has 1 aromatic rings. The van der Waals surface area contributed by atoms with E-state index in [1.165, 1.54) is 0 Å². The van der Waals surface area contributed by atoms with Crippen molar-refractivity contribution in [1.29, 1.82) is 5.26 Å². The summed E-state index contributed by atoms with van der Waals surface area (Å²) in [5, 5.41) is 11.6. The Morgan fingerprint density at radius 2 is 2.30 bits per heavy atom. The fourth-order valence-corrected chi connectivity index (χ4v) is 2.49. The van der Waals surface area contributed by atoms with Gasteiger partial charge in [-0.25, -0.2) is 0 Å². The molecule has 1 unspecified atom stereocenters. The minimum absolute atomic E-state index is 0.0247. The first-order valence-corrected chi connectivity index (χ1v) is 7.95. The van der Waals surface area contributed by atoms with Gasteiger partial charge in [0.1, 0.15) is 0 Å². The third kappa shape index (κ3) is 5.64. The number of nitrogens with one attached hydrogen (secondary N) is 1. The van der Waals surface area contributed by atoms with E-state index in [1.807, 2.05) is 7.05 Å². The molecule has 5 heteroatoms. The van der Waals surface area contributed by atoms with Gasteiger partial charge < -0.3 is 10.2 Å². The van der Waals surface area contributed by atoms with Crippen LogP contribution in [-0.2, 0) is 4.79 Å². The van der Waals surface area contributed by atoms with Crippen molar-refractivity contribution in [2.24, 2.45) is 0 Å². The lowest BCUT2D eigenvalue weighted by molar-refractivity contribution is -0.116. The van der Waals surface area contributed by atoms with Crippen molar-refractivity contribution in [2.75, 3.05) is 30.9 Å². The molecule has 0 aliphatic carbocycles. The third-order valence-corrected chi connectivity index (χ3v) is 3.94. The van der Waals surface area contributed by atoms with E-state index in [1.54, 1.807) is 36.0 Å². The molecule has 0 bridgehead atoms. The monoisotopic (exact) mass is 291 g/mol. The van der Waals surface area contributed by atoms with Crippen molar-refractivity contribution in [3.8, 4) is 6.07 Å². The van der Waals surface area contributed by atoms with Crippen molar-refractivity contribution < 1.29 is 4.79 Å². The quantitative estimate of drug-likeness (QED) is 0.839. The Morgan fingerprint density at radius 3 is 2.95 bits per heavy atom. The van der Waals surface area contributed by atoms with E-state index in [-0.39, 0.29) is 5.91 Å². The number of benzene rings is 1. The topological polar surface area (TPSA) is 56.1 Å². The van der Waals surface area contributed by atoms with E-state index >= 15 is 0 Å². The van der Waals surface area contributed by atoms with Gasteiger partial charge in [0, 0.05) is 30.4 Å². The Morgan fingerprint density at radius 1 is 1.55 bits per heavy atom. The van der Waals surface area contributed by atoms with Gasteiger partial charge in [0.15, 0.2) is 0 Å². The largest absolute Gasteiger partial charge is 0.326 e. The number of hydrogen-bond acceptors (Lipinski definition) is 4. The average Bonchev–Trinajstić information content (AvgIpc) is 2.45. The number of anilines is 1. The first-order chi connectivity index (χ1) is 9.56. The van der Waals surface area contributed by atoms with E-state index < -0.39 is 0 Å². The van der Waals surface area contributed by atoms with Crippen LogP contribution in [0, 0.1) is 11.3 Å². The molecule has 20 heavy (non-hydrogen) atoms. The predicted molar refractivity (Wildman–Crippen MR) is 84.9 cm³/mol. The van der Waals surface area contributed by atoms with Crippen LogP contribution in [0.15, 0.2) is 24.3 Å². The number of rotatable bonds is 7. The predicted octanol–water partition coefficient (Wildman–Crippen LogP) is 2.57. The maximum Gasteiger partial charge on any atom is 0.225 e. The zero-order valence-corrected chi connectivity index (χ0v) is 13.0. The lowest BCUT2D eigenvalue weighted by Crippen LogP contribution is -2.33. The second-order valence-electron chi connectivity index (χ2n) is 4.78. The van der Waals surface area contributed by atoms with E-state index in [9.17, 15) is 4.79 Å². The van der Waals surface area contributed by atoms with E-state index in [2.05, 4.69) is 29.5 Å². The summed E-state index contributed by atoms with van der Waals surface area (Å²) in [4.78, 5) is 14.1. The maximum absolute atomic E-state index is 11.9. The lowest BCUT2D eigenvalue weighted by Gasteiger charge is -2.23. The summed E-state index contributed by atoms with van der Waals surface area (Å²) in [6, 6.07) is 9.47. The van der Waals surface area contributed by atoms with E-state index in [4.69, 9.17) is 5.26 Å². The van der Waals surface area contributed by atoms with Crippen LogP contribution in [-0.4, -0.2) is 42.4 Å². The number of carbonyl (C=O) groups excluding carboxylic acids is 1. The molecule has 0 aromatic heterocycles. The van der Waals surface area contributed by atoms with Crippen molar-refractivity contribution in [1.82, 2.24) is 4.90 Å². The first-order valence-electron chi connectivity index (χ1n) is 6.56. The van der Waals surface area contributed by atoms with E-state index in [0.29, 0.717) is 23.7 Å². The highest BCUT2D eigenvalue weighted by Crippen LogP contribution is 2.10. The average molecular weight is 291 g/mol. The number of nitriles is 1. The minimum atomic E-state index is -0.0247. The summed E-state index contributed by atoms with van der Waals surface area (Å²) in [5.41, 5.74) is 1.22. The molecule has 1 amide bonds. The second-order valence-corrected chi connectivity index (χ2v) is 5.69. The molecule has 1 aromatic carbocycles. The Labute approximate surface area is 125 Å². The lowest BCUT2D eigenvalue weighted by atomic mass is 10.2. The third-order valence-electron chi connectivity index (χ3n) is 3.13. The Kier molecular flexibility index (Phi) is 7.13. The number of thioether (sulfide) groups is 1. The molecule has 0 fully saturated rings. The minimum Gasteiger partial charge on any atom is -0.326 e. The van der Waals surface area contributed by atoms with Gasteiger partial charge in [-0.15, -0.1) is 0 Å². The Hall–Kier alpha value is -1.51. The molecule has 0 saturated heterocycles. The van der Waals surface area contributed by atoms with Crippen LogP contribution in [0.2, 0.25) is 0 Å². The number of nitrogens with zero attached hydrogens (tertiary/aromatic N) is 2. The molecule has 1 N–H and O–H groups in total. The molecule has 0 aliphatic heterocycles. The van der Waals surface area contributed by atoms with Gasteiger partial charge in [-0.3, -0.25) is 4.79 Å². The Bertz CT molecular complexity index is 484. The summed E-state index contributed by atoms with van der Waals surface area (Å²) in [6.07, 6.45) is 2.53. The van der Waals surface area contributed by atoms with Gasteiger partial charge in [0.05, 0.1) is 11.6 Å². The first kappa shape index (κ1) is 16.5. The van der Waals surface area contributed by atoms with Crippen LogP contribution in [0.1, 0.15) is 18.9 Å². The maximum atomic E-state index is 11.9. The van der Waals surface area contributed by atoms with Gasteiger partial charge in [-0.1, -0.05) is 6.07 Å². The van der Waals surface area contributed by atoms with Gasteiger partial charge in [0.2, 0.25) is 5.91 Å². The summed E-state index contributed by atoms with van der Waals surface area (Å²) in [7, 11) is 2.03. The van der Waals surface area contributed by atoms with Crippen molar-refractivity contribution in [3.63, 3.8) is 0 Å². The molecule has 1 rings (SSSR count). The van der Waals surface area contributed by atoms with Crippen molar-refractivity contribution >= 4 is 23.4 Å². The smallest absolute Gasteiger partial charge is 0.225 e. The normalized spacial score (nSPS) is 11.9. The fourth-order valence-electron chi connectivity index (χ4n) is 1.76. The number of carbonyl (C=O) groups is 1. The van der Waals surface area contributed by atoms with Gasteiger partial charge in [-0.2, -0.15) is 17.0 Å². The van der Waals surface area contributed by atoms with Crippen LogP contribution in [0.25, 0.3) is 0 Å². The Balaban J connectivity index is 2.42. The highest BCUT2D eigenvalue weighted by atomic mass is 32.2. The number of hydrogen-bond donors (Lipinski definition) is 1. The molecule has 0 heterocycles. The highest BCUT2D eigenvalue weighted by Gasteiger charge is 2.10. The number of amides is 1. The van der Waals surface area contributed by atoms with Crippen LogP contribution in [0.5, 0.6) is 0 Å². The molecule has 1 atom stereocenters. The SMILES string of the molecule is CSCC(C)N(C)CCC(=O)Nc1cccc(C#N)c1. The highest BCUT2D eigenvalue weighted by molar-refractivity contribution is 7.98. The molecule has 0 aliphatic rings. The molecule has 0 spiro atoms. The van der Waals surface area contributed by atoms with Crippen LogP contribution >= 0.6 is 11.8 Å². The molecule has 108 valence electrons. The molecular weight excluding hydrogens is 270 g/mol. The zero-order valence-electron chi connectivity index (χ0n) is 12.2. The van der Waals surface area contributed by atoms with Gasteiger partial charge >= 0.3 is 0 Å². The van der Waals surface area contributed by atoms with Gasteiger partial charge in [0.25, 0.3) is 0 Å². The summed E-state index contributed by atoms with van der Waals surface area (Å²) in [5.74, 6) is 1.03. The van der Waals surface area contributed by atoms with Gasteiger partial charge in [-0.05, 0) is 38.4 Å². The molecule has 0 radical (unpaired) electrons. The molecule has 0 saturated carbocycles. The van der Waals surface area contributed by atoms with Crippen molar-refractivity contribution in [2.45, 2.75) is 19.4 Å². The second kappa shape index (κ2) is 8.62. The molecule has 4 nitrogen and oxygen atoms in total.